The highest BCUT2D eigenvalue weighted by Crippen LogP contribution is 2.16. The average molecular weight is 234 g/mol. The first-order valence-electron chi connectivity index (χ1n) is 5.03. The van der Waals surface area contributed by atoms with Crippen molar-refractivity contribution in [2.75, 3.05) is 30.8 Å². The van der Waals surface area contributed by atoms with Crippen molar-refractivity contribution in [3.8, 4) is 6.07 Å². The Bertz CT molecular complexity index is 440. The van der Waals surface area contributed by atoms with Gasteiger partial charge >= 0.3 is 0 Å². The average Bonchev–Trinajstić information content (AvgIpc) is 2.28. The van der Waals surface area contributed by atoms with Crippen molar-refractivity contribution in [3.05, 3.63) is 23.8 Å². The second-order valence-electron chi connectivity index (χ2n) is 3.36. The third-order valence-electron chi connectivity index (χ3n) is 1.99. The molecule has 0 unspecified atom stereocenters. The maximum Gasteiger partial charge on any atom is 0.243 e. The molecule has 5 N–H and O–H groups in total. The van der Waals surface area contributed by atoms with Gasteiger partial charge in [0.2, 0.25) is 5.91 Å². The molecule has 0 aliphatic rings. The van der Waals surface area contributed by atoms with Gasteiger partial charge in [-0.3, -0.25) is 4.79 Å². The molecule has 0 aliphatic carbocycles. The summed E-state index contributed by atoms with van der Waals surface area (Å²) in [5.41, 5.74) is 12.2. The predicted octanol–water partition coefficient (Wildman–Crippen LogP) is 0.0543. The molecule has 6 nitrogen and oxygen atoms in total. The van der Waals surface area contributed by atoms with Crippen LogP contribution in [0.15, 0.2) is 18.2 Å². The third-order valence-corrected chi connectivity index (χ3v) is 1.99. The van der Waals surface area contributed by atoms with Crippen LogP contribution < -0.4 is 16.8 Å². The van der Waals surface area contributed by atoms with Crippen LogP contribution in [0, 0.1) is 11.3 Å². The van der Waals surface area contributed by atoms with Crippen LogP contribution in [0.25, 0.3) is 0 Å². The predicted molar refractivity (Wildman–Crippen MR) is 64.1 cm³/mol. The largest absolute Gasteiger partial charge is 0.398 e. The number of nitrogens with two attached hydrogens (primary N) is 2. The van der Waals surface area contributed by atoms with Gasteiger partial charge in [-0.1, -0.05) is 0 Å². The summed E-state index contributed by atoms with van der Waals surface area (Å²) in [5.74, 6) is -0.493. The smallest absolute Gasteiger partial charge is 0.243 e. The van der Waals surface area contributed by atoms with Crippen LogP contribution in [0.3, 0.4) is 0 Å². The van der Waals surface area contributed by atoms with Gasteiger partial charge < -0.3 is 21.5 Å². The summed E-state index contributed by atoms with van der Waals surface area (Å²) in [6.45, 7) is 0.804. The number of nitrogen functional groups attached to an aromatic ring is 1. The number of ether oxygens (including phenoxy) is 1. The van der Waals surface area contributed by atoms with Crippen molar-refractivity contribution in [2.45, 2.75) is 0 Å². The summed E-state index contributed by atoms with van der Waals surface area (Å²) >= 11 is 0. The van der Waals surface area contributed by atoms with Crippen molar-refractivity contribution in [2.24, 2.45) is 5.73 Å². The van der Waals surface area contributed by atoms with Crippen LogP contribution in [-0.2, 0) is 9.53 Å². The van der Waals surface area contributed by atoms with E-state index in [2.05, 4.69) is 5.32 Å². The Morgan fingerprint density at radius 1 is 1.53 bits per heavy atom. The van der Waals surface area contributed by atoms with Crippen molar-refractivity contribution < 1.29 is 9.53 Å². The summed E-state index contributed by atoms with van der Waals surface area (Å²) in [6, 6.07) is 7.05. The van der Waals surface area contributed by atoms with Crippen LogP contribution in [0.5, 0.6) is 0 Å². The van der Waals surface area contributed by atoms with E-state index < -0.39 is 5.91 Å². The van der Waals surface area contributed by atoms with Crippen molar-refractivity contribution >= 4 is 17.3 Å². The number of primary amides is 1. The van der Waals surface area contributed by atoms with Crippen molar-refractivity contribution in [1.29, 1.82) is 5.26 Å². The first kappa shape index (κ1) is 12.8. The van der Waals surface area contributed by atoms with Gasteiger partial charge in [0.05, 0.1) is 17.9 Å². The zero-order valence-electron chi connectivity index (χ0n) is 9.27. The lowest BCUT2D eigenvalue weighted by atomic mass is 10.2. The van der Waals surface area contributed by atoms with Gasteiger partial charge in [0.15, 0.2) is 0 Å². The van der Waals surface area contributed by atoms with E-state index in [0.717, 1.165) is 5.69 Å². The summed E-state index contributed by atoms with van der Waals surface area (Å²) in [5, 5.41) is 11.7. The Morgan fingerprint density at radius 2 is 2.29 bits per heavy atom. The lowest BCUT2D eigenvalue weighted by Crippen LogP contribution is -2.20. The fourth-order valence-corrected chi connectivity index (χ4v) is 1.21. The molecule has 17 heavy (non-hydrogen) atoms. The fourth-order valence-electron chi connectivity index (χ4n) is 1.21. The van der Waals surface area contributed by atoms with Crippen molar-refractivity contribution in [1.82, 2.24) is 0 Å². The minimum Gasteiger partial charge on any atom is -0.398 e. The second-order valence-corrected chi connectivity index (χ2v) is 3.36. The fraction of sp³-hybridized carbons (Fsp3) is 0.273. The normalized spacial score (nSPS) is 9.59. The maximum atomic E-state index is 10.4. The number of benzene rings is 1. The first-order chi connectivity index (χ1) is 8.13. The first-order valence-corrected chi connectivity index (χ1v) is 5.03. The van der Waals surface area contributed by atoms with Crippen molar-refractivity contribution in [3.63, 3.8) is 0 Å². The SMILES string of the molecule is N#Cc1ccc(NCCOCC(N)=O)cc1N. The number of carbonyl (C=O) groups excluding carboxylic acids is 1. The highest BCUT2D eigenvalue weighted by atomic mass is 16.5. The molecule has 0 atom stereocenters. The number of anilines is 2. The summed E-state index contributed by atoms with van der Waals surface area (Å²) in [6.07, 6.45) is 0. The Labute approximate surface area is 99.2 Å². The highest BCUT2D eigenvalue weighted by Gasteiger charge is 1.99. The van der Waals surface area contributed by atoms with Crippen LogP contribution >= 0.6 is 0 Å². The third kappa shape index (κ3) is 4.40. The quantitative estimate of drug-likeness (QED) is 0.475. The minimum absolute atomic E-state index is 0.0861. The van der Waals surface area contributed by atoms with E-state index in [-0.39, 0.29) is 6.61 Å². The van der Waals surface area contributed by atoms with Gasteiger partial charge in [-0.15, -0.1) is 0 Å². The molecule has 0 saturated carbocycles. The zero-order chi connectivity index (χ0) is 12.7. The number of hydrogen-bond acceptors (Lipinski definition) is 5. The van der Waals surface area contributed by atoms with Gasteiger partial charge in [-0.05, 0) is 18.2 Å². The molecule has 0 aromatic heterocycles. The Morgan fingerprint density at radius 3 is 2.88 bits per heavy atom. The van der Waals surface area contributed by atoms with E-state index >= 15 is 0 Å². The highest BCUT2D eigenvalue weighted by molar-refractivity contribution is 5.74. The van der Waals surface area contributed by atoms with Gasteiger partial charge in [0.1, 0.15) is 12.7 Å². The molecular formula is C11H14N4O2. The second kappa shape index (κ2) is 6.35. The van der Waals surface area contributed by atoms with Gasteiger partial charge in [0, 0.05) is 12.2 Å². The Kier molecular flexibility index (Phi) is 4.78. The molecular weight excluding hydrogens is 220 g/mol. The standard InChI is InChI=1S/C11H14N4O2/c12-6-8-1-2-9(5-10(8)13)15-3-4-17-7-11(14)16/h1-2,5,15H,3-4,7,13H2,(H2,14,16). The number of nitriles is 1. The molecule has 1 aromatic rings. The molecule has 0 heterocycles. The lowest BCUT2D eigenvalue weighted by molar-refractivity contribution is -0.122. The summed E-state index contributed by atoms with van der Waals surface area (Å²) < 4.78 is 4.97. The molecule has 1 amide bonds. The van der Waals surface area contributed by atoms with Crippen LogP contribution in [0.4, 0.5) is 11.4 Å². The maximum absolute atomic E-state index is 10.4. The van der Waals surface area contributed by atoms with Gasteiger partial charge in [0.25, 0.3) is 0 Å². The number of nitrogens with one attached hydrogen (secondary N) is 1. The number of nitrogens with zero attached hydrogens (tertiary/aromatic N) is 1. The monoisotopic (exact) mass is 234 g/mol. The molecule has 0 fully saturated rings. The summed E-state index contributed by atoms with van der Waals surface area (Å²) in [7, 11) is 0. The van der Waals surface area contributed by atoms with E-state index in [9.17, 15) is 4.79 Å². The van der Waals surface area contributed by atoms with Crippen LogP contribution in [0.1, 0.15) is 5.56 Å². The molecule has 0 saturated heterocycles. The number of rotatable bonds is 6. The Balaban J connectivity index is 2.35. The van der Waals surface area contributed by atoms with E-state index in [4.69, 9.17) is 21.5 Å². The molecule has 0 bridgehead atoms. The molecule has 1 aromatic carbocycles. The van der Waals surface area contributed by atoms with E-state index in [1.54, 1.807) is 18.2 Å². The molecule has 90 valence electrons. The lowest BCUT2D eigenvalue weighted by Gasteiger charge is -2.07. The number of amides is 1. The molecule has 0 aliphatic heterocycles. The van der Waals surface area contributed by atoms with Crippen LogP contribution in [0.2, 0.25) is 0 Å². The minimum atomic E-state index is -0.493. The topological polar surface area (TPSA) is 114 Å². The van der Waals surface area contributed by atoms with E-state index in [0.29, 0.717) is 24.4 Å². The zero-order valence-corrected chi connectivity index (χ0v) is 9.27. The van der Waals surface area contributed by atoms with Gasteiger partial charge in [-0.25, -0.2) is 0 Å². The molecule has 1 rings (SSSR count). The van der Waals surface area contributed by atoms with E-state index in [1.807, 2.05) is 6.07 Å². The molecule has 0 spiro atoms. The van der Waals surface area contributed by atoms with E-state index in [1.165, 1.54) is 0 Å². The summed E-state index contributed by atoms with van der Waals surface area (Å²) in [4.78, 5) is 10.4. The number of carbonyl (C=O) groups is 1. The van der Waals surface area contributed by atoms with Gasteiger partial charge in [-0.2, -0.15) is 5.26 Å². The molecule has 6 heteroatoms. The number of hydrogen-bond donors (Lipinski definition) is 3. The molecule has 0 radical (unpaired) electrons. The van der Waals surface area contributed by atoms with Crippen LogP contribution in [-0.4, -0.2) is 25.7 Å². The Hall–Kier alpha value is -2.26.